The molecule has 9 heteroatoms. The van der Waals surface area contributed by atoms with Crippen molar-refractivity contribution in [2.45, 2.75) is 18.0 Å². The molecule has 0 aliphatic carbocycles. The maximum Gasteiger partial charge on any atom is 0.417 e. The minimum atomic E-state index is -4.61. The van der Waals surface area contributed by atoms with Crippen LogP contribution in [0.15, 0.2) is 41.4 Å². The number of nitrogens with zero attached hydrogens (tertiary/aromatic N) is 1. The quantitative estimate of drug-likeness (QED) is 0.914. The summed E-state index contributed by atoms with van der Waals surface area (Å²) in [7, 11) is -3.98. The molecule has 0 amide bonds. The molecule has 2 aromatic rings. The molecule has 118 valence electrons. The summed E-state index contributed by atoms with van der Waals surface area (Å²) >= 11 is 5.67. The van der Waals surface area contributed by atoms with E-state index in [1.165, 1.54) is 12.1 Å². The molecule has 0 unspecified atom stereocenters. The third-order valence-corrected chi connectivity index (χ3v) is 4.32. The summed E-state index contributed by atoms with van der Waals surface area (Å²) in [6, 6.07) is 6.64. The van der Waals surface area contributed by atoms with Gasteiger partial charge in [0.25, 0.3) is 10.0 Å². The summed E-state index contributed by atoms with van der Waals surface area (Å²) in [6.07, 6.45) is -4.09. The Morgan fingerprint density at radius 1 is 1.23 bits per heavy atom. The highest BCUT2D eigenvalue weighted by molar-refractivity contribution is 7.92. The van der Waals surface area contributed by atoms with Crippen LogP contribution in [0.25, 0.3) is 0 Å². The van der Waals surface area contributed by atoms with Gasteiger partial charge in [0.05, 0.1) is 15.5 Å². The number of sulfonamides is 1. The van der Waals surface area contributed by atoms with Crippen molar-refractivity contribution in [1.82, 2.24) is 4.98 Å². The second kappa shape index (κ2) is 5.77. The standard InChI is InChI=1S/C13H10ClF3N2O2S/c1-8-3-2-4-10(5-8)22(20,21)19-12-11(14)6-9(7-18-12)13(15,16)17/h2-7H,1H3,(H,18,19). The van der Waals surface area contributed by atoms with Crippen LogP contribution >= 0.6 is 11.6 Å². The zero-order valence-electron chi connectivity index (χ0n) is 11.1. The zero-order valence-corrected chi connectivity index (χ0v) is 12.7. The number of aromatic nitrogens is 1. The van der Waals surface area contributed by atoms with Crippen molar-refractivity contribution in [2.75, 3.05) is 4.72 Å². The average molecular weight is 351 g/mol. The van der Waals surface area contributed by atoms with Crippen LogP contribution in [-0.2, 0) is 16.2 Å². The van der Waals surface area contributed by atoms with Crippen LogP contribution < -0.4 is 4.72 Å². The summed E-state index contributed by atoms with van der Waals surface area (Å²) in [4.78, 5) is 3.40. The fourth-order valence-corrected chi connectivity index (χ4v) is 3.04. The molecule has 0 saturated heterocycles. The number of nitrogens with one attached hydrogen (secondary N) is 1. The normalized spacial score (nSPS) is 12.2. The molecule has 0 bridgehead atoms. The van der Waals surface area contributed by atoms with Gasteiger partial charge in [-0.1, -0.05) is 23.7 Å². The van der Waals surface area contributed by atoms with E-state index in [0.717, 1.165) is 0 Å². The Labute approximate surface area is 130 Å². The largest absolute Gasteiger partial charge is 0.417 e. The molecule has 1 N–H and O–H groups in total. The molecular formula is C13H10ClF3N2O2S. The minimum Gasteiger partial charge on any atom is -0.262 e. The number of aryl methyl sites for hydroxylation is 1. The number of halogens is 4. The van der Waals surface area contributed by atoms with E-state index in [0.29, 0.717) is 17.8 Å². The second-order valence-corrected chi connectivity index (χ2v) is 6.56. The summed E-state index contributed by atoms with van der Waals surface area (Å²) < 4.78 is 63.9. The van der Waals surface area contributed by atoms with Crippen molar-refractivity contribution in [3.05, 3.63) is 52.7 Å². The Balaban J connectivity index is 2.35. The first-order valence-corrected chi connectivity index (χ1v) is 7.78. The first-order valence-electron chi connectivity index (χ1n) is 5.92. The highest BCUT2D eigenvalue weighted by Gasteiger charge is 2.32. The van der Waals surface area contributed by atoms with Crippen molar-refractivity contribution < 1.29 is 21.6 Å². The number of hydrogen-bond donors (Lipinski definition) is 1. The van der Waals surface area contributed by atoms with Gasteiger partial charge in [0.2, 0.25) is 0 Å². The first kappa shape index (κ1) is 16.6. The number of rotatable bonds is 3. The van der Waals surface area contributed by atoms with Gasteiger partial charge in [-0.25, -0.2) is 13.4 Å². The van der Waals surface area contributed by atoms with Crippen LogP contribution in [0.1, 0.15) is 11.1 Å². The van der Waals surface area contributed by atoms with Crippen molar-refractivity contribution in [3.63, 3.8) is 0 Å². The van der Waals surface area contributed by atoms with Gasteiger partial charge in [-0.2, -0.15) is 13.2 Å². The molecule has 0 atom stereocenters. The van der Waals surface area contributed by atoms with Crippen LogP contribution in [0.2, 0.25) is 5.02 Å². The predicted octanol–water partition coefficient (Wildman–Crippen LogP) is 3.86. The lowest BCUT2D eigenvalue weighted by atomic mass is 10.2. The summed E-state index contributed by atoms with van der Waals surface area (Å²) in [6.45, 7) is 1.71. The molecule has 1 heterocycles. The molecule has 0 fully saturated rings. The van der Waals surface area contributed by atoms with Crippen molar-refractivity contribution in [3.8, 4) is 0 Å². The van der Waals surface area contributed by atoms with Crippen LogP contribution in [0.3, 0.4) is 0 Å². The van der Waals surface area contributed by atoms with Crippen LogP contribution in [0, 0.1) is 6.92 Å². The van der Waals surface area contributed by atoms with Gasteiger partial charge < -0.3 is 0 Å². The molecule has 22 heavy (non-hydrogen) atoms. The molecule has 1 aromatic heterocycles. The number of anilines is 1. The third kappa shape index (κ3) is 3.69. The lowest BCUT2D eigenvalue weighted by molar-refractivity contribution is -0.137. The highest BCUT2D eigenvalue weighted by atomic mass is 35.5. The minimum absolute atomic E-state index is 0.0368. The monoisotopic (exact) mass is 350 g/mol. The van der Waals surface area contributed by atoms with E-state index in [-0.39, 0.29) is 10.7 Å². The smallest absolute Gasteiger partial charge is 0.262 e. The van der Waals surface area contributed by atoms with Crippen LogP contribution in [0.4, 0.5) is 19.0 Å². The van der Waals surface area contributed by atoms with Gasteiger partial charge in [0.15, 0.2) is 5.82 Å². The molecule has 2 rings (SSSR count). The molecular weight excluding hydrogens is 341 g/mol. The van der Waals surface area contributed by atoms with E-state index in [9.17, 15) is 21.6 Å². The average Bonchev–Trinajstić information content (AvgIpc) is 2.40. The molecule has 0 aliphatic heterocycles. The molecule has 4 nitrogen and oxygen atoms in total. The molecule has 0 saturated carbocycles. The summed E-state index contributed by atoms with van der Waals surface area (Å²) in [5.74, 6) is -0.365. The Hall–Kier alpha value is -1.80. The van der Waals surface area contributed by atoms with E-state index in [1.807, 2.05) is 0 Å². The molecule has 1 aromatic carbocycles. The van der Waals surface area contributed by atoms with Crippen molar-refractivity contribution in [2.24, 2.45) is 0 Å². The van der Waals surface area contributed by atoms with E-state index in [1.54, 1.807) is 19.1 Å². The SMILES string of the molecule is Cc1cccc(S(=O)(=O)Nc2ncc(C(F)(F)F)cc2Cl)c1. The van der Waals surface area contributed by atoms with Gasteiger partial charge in [-0.3, -0.25) is 4.72 Å². The van der Waals surface area contributed by atoms with Gasteiger partial charge in [0.1, 0.15) is 0 Å². The number of alkyl halides is 3. The second-order valence-electron chi connectivity index (χ2n) is 4.47. The maximum atomic E-state index is 12.5. The van der Waals surface area contributed by atoms with E-state index in [2.05, 4.69) is 9.71 Å². The summed E-state index contributed by atoms with van der Waals surface area (Å²) in [5.41, 5.74) is -0.342. The lowest BCUT2D eigenvalue weighted by Gasteiger charge is -2.11. The van der Waals surface area contributed by atoms with Crippen molar-refractivity contribution in [1.29, 1.82) is 0 Å². The third-order valence-electron chi connectivity index (χ3n) is 2.70. The maximum absolute atomic E-state index is 12.5. The predicted molar refractivity (Wildman–Crippen MR) is 76.2 cm³/mol. The zero-order chi connectivity index (χ0) is 16.5. The van der Waals surface area contributed by atoms with Gasteiger partial charge in [0, 0.05) is 6.20 Å². The molecule has 0 aliphatic rings. The Morgan fingerprint density at radius 2 is 1.91 bits per heavy atom. The van der Waals surface area contributed by atoms with E-state index >= 15 is 0 Å². The highest BCUT2D eigenvalue weighted by Crippen LogP contribution is 2.32. The van der Waals surface area contributed by atoms with Crippen LogP contribution in [0.5, 0.6) is 0 Å². The van der Waals surface area contributed by atoms with Gasteiger partial charge in [-0.15, -0.1) is 0 Å². The Bertz CT molecular complexity index is 807. The van der Waals surface area contributed by atoms with Gasteiger partial charge >= 0.3 is 6.18 Å². The van der Waals surface area contributed by atoms with E-state index in [4.69, 9.17) is 11.6 Å². The fourth-order valence-electron chi connectivity index (χ4n) is 1.64. The van der Waals surface area contributed by atoms with Crippen LogP contribution in [-0.4, -0.2) is 13.4 Å². The first-order chi connectivity index (χ1) is 10.1. The number of benzene rings is 1. The summed E-state index contributed by atoms with van der Waals surface area (Å²) in [5, 5.41) is -0.439. The Morgan fingerprint density at radius 3 is 2.45 bits per heavy atom. The fraction of sp³-hybridized carbons (Fsp3) is 0.154. The molecule has 0 radical (unpaired) electrons. The lowest BCUT2D eigenvalue weighted by Crippen LogP contribution is -2.15. The topological polar surface area (TPSA) is 59.1 Å². The van der Waals surface area contributed by atoms with Crippen molar-refractivity contribution >= 4 is 27.4 Å². The number of hydrogen-bond acceptors (Lipinski definition) is 3. The van der Waals surface area contributed by atoms with E-state index < -0.39 is 26.8 Å². The van der Waals surface area contributed by atoms with Gasteiger partial charge in [-0.05, 0) is 30.7 Å². The number of pyridine rings is 1. The molecule has 0 spiro atoms. The Kier molecular flexibility index (Phi) is 4.35.